The number of hydrogen-bond donors (Lipinski definition) is 1. The van der Waals surface area contributed by atoms with E-state index in [2.05, 4.69) is 14.7 Å². The van der Waals surface area contributed by atoms with Gasteiger partial charge in [0.2, 0.25) is 11.8 Å². The van der Waals surface area contributed by atoms with Crippen LogP contribution < -0.4 is 4.87 Å². The second kappa shape index (κ2) is 6.77. The van der Waals surface area contributed by atoms with Crippen molar-refractivity contribution in [3.8, 4) is 0 Å². The largest absolute Gasteiger partial charge is 0.468 e. The molecule has 2 aliphatic carbocycles. The van der Waals surface area contributed by atoms with Crippen LogP contribution >= 0.6 is 23.1 Å². The summed E-state index contributed by atoms with van der Waals surface area (Å²) in [6.45, 7) is -0.324. The van der Waals surface area contributed by atoms with Crippen LogP contribution in [0.3, 0.4) is 0 Å². The lowest BCUT2D eigenvalue weighted by Crippen LogP contribution is -2.42. The minimum Gasteiger partial charge on any atom is -0.468 e. The van der Waals surface area contributed by atoms with Gasteiger partial charge in [-0.1, -0.05) is 17.4 Å². The van der Waals surface area contributed by atoms with Crippen molar-refractivity contribution >= 4 is 40.9 Å². The summed E-state index contributed by atoms with van der Waals surface area (Å²) in [5.41, 5.74) is 1.03. The Morgan fingerprint density at radius 2 is 2.03 bits per heavy atom. The van der Waals surface area contributed by atoms with Gasteiger partial charge in [0.25, 0.3) is 0 Å². The van der Waals surface area contributed by atoms with Gasteiger partial charge >= 0.3 is 10.8 Å². The fourth-order valence-electron chi connectivity index (χ4n) is 6.36. The first-order chi connectivity index (χ1) is 15.0. The Balaban J connectivity index is 1.43. The number of aromatic nitrogens is 2. The highest BCUT2D eigenvalue weighted by Crippen LogP contribution is 2.68. The van der Waals surface area contributed by atoms with Gasteiger partial charge in [-0.25, -0.2) is 0 Å². The number of carbonyl (C=O) groups is 3. The third-order valence-corrected chi connectivity index (χ3v) is 9.96. The Hall–Kier alpha value is -2.46. The smallest absolute Gasteiger partial charge is 0.325 e. The zero-order chi connectivity index (χ0) is 21.4. The zero-order valence-electron chi connectivity index (χ0n) is 16.5. The molecule has 10 heteroatoms. The van der Waals surface area contributed by atoms with Crippen LogP contribution in [0, 0.1) is 29.6 Å². The maximum Gasteiger partial charge on any atom is 0.325 e. The third-order valence-electron chi connectivity index (χ3n) is 7.37. The number of likely N-dealkylation sites (tertiary alicyclic amines) is 1. The number of pyridine rings is 1. The number of nitrogens with one attached hydrogen (secondary N) is 1. The number of H-pyrrole nitrogens is 1. The summed E-state index contributed by atoms with van der Waals surface area (Å²) in [5, 5.41) is 1.00. The fraction of sp³-hybridized carbons (Fsp3) is 0.476. The fourth-order valence-corrected chi connectivity index (χ4v) is 9.25. The molecule has 0 unspecified atom stereocenters. The molecule has 1 N–H and O–H groups in total. The van der Waals surface area contributed by atoms with Gasteiger partial charge in [-0.15, -0.1) is 11.8 Å². The number of methoxy groups -OCH3 is 1. The number of nitrogens with zero attached hydrogens (tertiary/aromatic N) is 2. The lowest BCUT2D eigenvalue weighted by atomic mass is 9.68. The van der Waals surface area contributed by atoms with Crippen LogP contribution in [0.2, 0.25) is 0 Å². The summed E-state index contributed by atoms with van der Waals surface area (Å²) in [6, 6.07) is 3.91. The second-order valence-corrected chi connectivity index (χ2v) is 10.8. The summed E-state index contributed by atoms with van der Waals surface area (Å²) in [5.74, 6) is -1.72. The minimum absolute atomic E-state index is 0.0298. The standard InChI is InChI=1S/C21H19N3O5S2/c1-29-11(25)7-24-19(26)14-9-5-10(15(14)20(24)27)16-13(9)12(8-3-2-4-22-6-8)17-18(30-16)23-21(28)31-17/h2-4,6,9-10,12-16H,5,7H2,1H3,(H,23,28)/t9-,10-,12+,13-,14+,15-,16+/m1/s1. The van der Waals surface area contributed by atoms with Gasteiger partial charge in [0.15, 0.2) is 0 Å². The first-order valence-corrected chi connectivity index (χ1v) is 11.9. The third kappa shape index (κ3) is 2.57. The molecule has 2 aliphatic heterocycles. The lowest BCUT2D eigenvalue weighted by molar-refractivity contribution is -0.151. The molecule has 1 saturated heterocycles. The van der Waals surface area contributed by atoms with E-state index in [0.29, 0.717) is 0 Å². The Morgan fingerprint density at radius 3 is 2.74 bits per heavy atom. The summed E-state index contributed by atoms with van der Waals surface area (Å²) in [7, 11) is 1.25. The van der Waals surface area contributed by atoms with E-state index in [4.69, 9.17) is 0 Å². The molecule has 0 spiro atoms. The van der Waals surface area contributed by atoms with Crippen LogP contribution in [0.25, 0.3) is 0 Å². The molecule has 7 atom stereocenters. The lowest BCUT2D eigenvalue weighted by Gasteiger charge is -2.42. The van der Waals surface area contributed by atoms with Gasteiger partial charge < -0.3 is 9.72 Å². The van der Waals surface area contributed by atoms with Gasteiger partial charge in [-0.2, -0.15) is 0 Å². The number of carbonyl (C=O) groups excluding carboxylic acids is 3. The molecular formula is C21H19N3O5S2. The average Bonchev–Trinajstić information content (AvgIpc) is 3.49. The molecule has 0 aromatic carbocycles. The van der Waals surface area contributed by atoms with E-state index in [9.17, 15) is 19.2 Å². The number of amides is 2. The molecule has 2 saturated carbocycles. The van der Waals surface area contributed by atoms with Crippen LogP contribution in [0.15, 0.2) is 34.3 Å². The number of hydrogen-bond acceptors (Lipinski definition) is 8. The van der Waals surface area contributed by atoms with E-state index in [1.165, 1.54) is 18.4 Å². The van der Waals surface area contributed by atoms with Crippen molar-refractivity contribution in [1.29, 1.82) is 0 Å². The van der Waals surface area contributed by atoms with Crippen molar-refractivity contribution < 1.29 is 19.1 Å². The molecule has 160 valence electrons. The topological polar surface area (TPSA) is 109 Å². The highest BCUT2D eigenvalue weighted by molar-refractivity contribution is 8.00. The Bertz CT molecular complexity index is 1160. The summed E-state index contributed by atoms with van der Waals surface area (Å²) < 4.78 is 4.68. The molecule has 2 aromatic rings. The number of thioether (sulfide) groups is 1. The van der Waals surface area contributed by atoms with Gasteiger partial charge in [0, 0.05) is 28.4 Å². The molecule has 4 heterocycles. The number of imide groups is 1. The number of ether oxygens (including phenoxy) is 1. The molecule has 4 aliphatic rings. The van der Waals surface area contributed by atoms with Crippen LogP contribution in [0.5, 0.6) is 0 Å². The summed E-state index contributed by atoms with van der Waals surface area (Å²) >= 11 is 2.87. The van der Waals surface area contributed by atoms with Gasteiger partial charge in [0.1, 0.15) is 6.54 Å². The van der Waals surface area contributed by atoms with Crippen molar-refractivity contribution in [2.45, 2.75) is 22.6 Å². The molecule has 3 fully saturated rings. The second-order valence-electron chi connectivity index (χ2n) is 8.59. The van der Waals surface area contributed by atoms with Crippen molar-refractivity contribution in [2.75, 3.05) is 13.7 Å². The van der Waals surface area contributed by atoms with E-state index < -0.39 is 17.8 Å². The number of aromatic amines is 1. The number of thiazole rings is 1. The highest BCUT2D eigenvalue weighted by Gasteiger charge is 2.69. The van der Waals surface area contributed by atoms with Crippen molar-refractivity contribution in [3.63, 3.8) is 0 Å². The van der Waals surface area contributed by atoms with E-state index in [0.717, 1.165) is 26.8 Å². The summed E-state index contributed by atoms with van der Waals surface area (Å²) in [4.78, 5) is 59.6. The summed E-state index contributed by atoms with van der Waals surface area (Å²) in [6.07, 6.45) is 4.37. The Labute approximate surface area is 185 Å². The molecule has 31 heavy (non-hydrogen) atoms. The average molecular weight is 458 g/mol. The molecule has 2 amide bonds. The number of fused-ring (bicyclic) bond motifs is 9. The highest BCUT2D eigenvalue weighted by atomic mass is 32.2. The number of rotatable bonds is 3. The van der Waals surface area contributed by atoms with E-state index in [1.807, 2.05) is 18.3 Å². The predicted molar refractivity (Wildman–Crippen MR) is 111 cm³/mol. The first-order valence-electron chi connectivity index (χ1n) is 10.2. The zero-order valence-corrected chi connectivity index (χ0v) is 18.2. The molecule has 2 aromatic heterocycles. The van der Waals surface area contributed by atoms with Crippen LogP contribution in [0.1, 0.15) is 22.8 Å². The molecule has 8 nitrogen and oxygen atoms in total. The Kier molecular flexibility index (Phi) is 4.20. The number of esters is 1. The van der Waals surface area contributed by atoms with Crippen LogP contribution in [-0.2, 0) is 19.1 Å². The molecule has 0 radical (unpaired) electrons. The first kappa shape index (κ1) is 19.2. The molecule has 6 rings (SSSR count). The van der Waals surface area contributed by atoms with Gasteiger partial charge in [0.05, 0.1) is 24.0 Å². The molecule has 2 bridgehead atoms. The van der Waals surface area contributed by atoms with Crippen molar-refractivity contribution in [3.05, 3.63) is 44.6 Å². The molecular weight excluding hydrogens is 438 g/mol. The maximum absolute atomic E-state index is 13.2. The van der Waals surface area contributed by atoms with E-state index in [-0.39, 0.29) is 52.2 Å². The monoisotopic (exact) mass is 457 g/mol. The van der Waals surface area contributed by atoms with Crippen molar-refractivity contribution in [1.82, 2.24) is 14.9 Å². The van der Waals surface area contributed by atoms with Crippen LogP contribution in [0.4, 0.5) is 0 Å². The van der Waals surface area contributed by atoms with E-state index >= 15 is 0 Å². The van der Waals surface area contributed by atoms with Gasteiger partial charge in [-0.05, 0) is 35.8 Å². The van der Waals surface area contributed by atoms with E-state index in [1.54, 1.807) is 18.0 Å². The SMILES string of the molecule is COC(=O)CN1C(=O)[C@@H]2[C@H]3C[C@@H]([C@@H]2C1=O)[C@@H]1[C@H](c2cccnc2)c2sc(=O)[nH]c2S[C@@H]31. The maximum atomic E-state index is 13.2. The van der Waals surface area contributed by atoms with Crippen molar-refractivity contribution in [2.24, 2.45) is 29.6 Å². The quantitative estimate of drug-likeness (QED) is 0.549. The predicted octanol–water partition coefficient (Wildman–Crippen LogP) is 1.48. The van der Waals surface area contributed by atoms with Gasteiger partial charge in [-0.3, -0.25) is 29.1 Å². The Morgan fingerprint density at radius 1 is 1.26 bits per heavy atom. The minimum atomic E-state index is -0.589. The normalized spacial score (nSPS) is 35.1. The van der Waals surface area contributed by atoms with Crippen LogP contribution in [-0.4, -0.2) is 51.6 Å².